The number of esters is 1. The minimum absolute atomic E-state index is 0.0173. The van der Waals surface area contributed by atoms with Crippen LogP contribution >= 0.6 is 23.2 Å². The van der Waals surface area contributed by atoms with E-state index >= 15 is 0 Å². The molecule has 0 aliphatic heterocycles. The van der Waals surface area contributed by atoms with Gasteiger partial charge < -0.3 is 20.9 Å². The van der Waals surface area contributed by atoms with Gasteiger partial charge in [-0.1, -0.05) is 23.2 Å². The van der Waals surface area contributed by atoms with Crippen LogP contribution in [0.5, 0.6) is 0 Å². The molecule has 3 rings (SSSR count). The van der Waals surface area contributed by atoms with Gasteiger partial charge in [-0.2, -0.15) is 13.5 Å². The third kappa shape index (κ3) is 5.82. The van der Waals surface area contributed by atoms with Crippen LogP contribution < -0.4 is 16.7 Å². The molecule has 0 spiro atoms. The van der Waals surface area contributed by atoms with E-state index in [4.69, 9.17) is 33.8 Å². The van der Waals surface area contributed by atoms with Crippen LogP contribution in [0.25, 0.3) is 11.0 Å². The maximum absolute atomic E-state index is 13.0. The third-order valence-corrected chi connectivity index (χ3v) is 6.63. The van der Waals surface area contributed by atoms with Gasteiger partial charge in [0.1, 0.15) is 22.2 Å². The molecule has 3 aromatic rings. The number of ether oxygens (including phenoxy) is 1. The molecule has 1 amide bonds. The van der Waals surface area contributed by atoms with Crippen LogP contribution in [0.3, 0.4) is 0 Å². The number of benzene rings is 2. The van der Waals surface area contributed by atoms with Crippen LogP contribution in [0.1, 0.15) is 11.3 Å². The molecule has 12 nitrogen and oxygen atoms in total. The van der Waals surface area contributed by atoms with E-state index in [1.807, 2.05) is 0 Å². The minimum atomic E-state index is -4.80. The lowest BCUT2D eigenvalue weighted by Crippen LogP contribution is -2.38. The number of aromatic amines is 1. The predicted octanol–water partition coefficient (Wildman–Crippen LogP) is 2.07. The summed E-state index contributed by atoms with van der Waals surface area (Å²) >= 11 is 11.9. The van der Waals surface area contributed by atoms with Crippen LogP contribution in [0.15, 0.2) is 45.1 Å². The number of hydrogen-bond donors (Lipinski definition) is 4. The molecular formula is C21H19Cl2N5O7S. The molecule has 0 bridgehead atoms. The second kappa shape index (κ2) is 10.6. The fraction of sp³-hybridized carbons (Fsp3) is 0.190. The van der Waals surface area contributed by atoms with Crippen molar-refractivity contribution in [3.05, 3.63) is 62.0 Å². The van der Waals surface area contributed by atoms with E-state index in [1.54, 1.807) is 12.1 Å². The van der Waals surface area contributed by atoms with Crippen LogP contribution in [0.4, 0.5) is 5.69 Å². The van der Waals surface area contributed by atoms with E-state index in [2.05, 4.69) is 20.4 Å². The van der Waals surface area contributed by atoms with Crippen LogP contribution in [-0.2, 0) is 30.9 Å². The number of anilines is 1. The zero-order valence-corrected chi connectivity index (χ0v) is 21.0. The number of nitrogens with zero attached hydrogens (tertiary/aromatic N) is 2. The summed E-state index contributed by atoms with van der Waals surface area (Å²) in [7, 11) is -3.74. The molecule has 0 saturated carbocycles. The molecule has 0 aliphatic carbocycles. The highest BCUT2D eigenvalue weighted by atomic mass is 35.5. The van der Waals surface area contributed by atoms with Gasteiger partial charge in [-0.3, -0.25) is 18.9 Å². The second-order valence-corrected chi connectivity index (χ2v) is 9.73. The first-order valence-corrected chi connectivity index (χ1v) is 12.2. The highest BCUT2D eigenvalue weighted by Gasteiger charge is 2.33. The van der Waals surface area contributed by atoms with Crippen molar-refractivity contribution < 1.29 is 27.3 Å². The Labute approximate surface area is 214 Å². The van der Waals surface area contributed by atoms with Crippen LogP contribution in [0.2, 0.25) is 10.0 Å². The van der Waals surface area contributed by atoms with Gasteiger partial charge in [-0.15, -0.1) is 0 Å². The van der Waals surface area contributed by atoms with E-state index in [9.17, 15) is 27.4 Å². The summed E-state index contributed by atoms with van der Waals surface area (Å²) in [5.41, 5.74) is -0.620. The second-order valence-electron chi connectivity index (χ2n) is 7.50. The Bertz CT molecular complexity index is 1570. The average Bonchev–Trinajstić information content (AvgIpc) is 2.80. The number of nitrogens with one attached hydrogen (secondary N) is 2. The minimum Gasteiger partial charge on any atom is -0.468 e. The highest BCUT2D eigenvalue weighted by Crippen LogP contribution is 2.29. The Morgan fingerprint density at radius 1 is 1.28 bits per heavy atom. The number of fused-ring (bicyclic) bond motifs is 1. The van der Waals surface area contributed by atoms with Crippen molar-refractivity contribution in [2.24, 2.45) is 16.9 Å². The largest absolute Gasteiger partial charge is 0.468 e. The molecule has 2 aromatic carbocycles. The van der Waals surface area contributed by atoms with Crippen molar-refractivity contribution in [1.29, 1.82) is 0 Å². The van der Waals surface area contributed by atoms with Crippen molar-refractivity contribution in [1.82, 2.24) is 9.97 Å². The first-order chi connectivity index (χ1) is 16.8. The van der Waals surface area contributed by atoms with Gasteiger partial charge >= 0.3 is 5.97 Å². The van der Waals surface area contributed by atoms with Crippen molar-refractivity contribution in [2.75, 3.05) is 12.4 Å². The molecule has 0 radical (unpaired) electrons. The number of aromatic nitrogens is 2. The molecule has 1 aromatic heterocycles. The quantitative estimate of drug-likeness (QED) is 0.111. The molecule has 1 heterocycles. The van der Waals surface area contributed by atoms with Crippen molar-refractivity contribution in [3.63, 3.8) is 0 Å². The summed E-state index contributed by atoms with van der Waals surface area (Å²) in [6.45, 7) is 1.53. The fourth-order valence-corrected chi connectivity index (χ4v) is 4.38. The van der Waals surface area contributed by atoms with Crippen LogP contribution in [0, 0.1) is 12.8 Å². The lowest BCUT2D eigenvalue weighted by Gasteiger charge is -2.17. The summed E-state index contributed by atoms with van der Waals surface area (Å²) < 4.78 is 37.9. The lowest BCUT2D eigenvalue weighted by atomic mass is 9.96. The Kier molecular flexibility index (Phi) is 7.99. The van der Waals surface area contributed by atoms with Crippen molar-refractivity contribution in [3.8, 4) is 0 Å². The molecular weight excluding hydrogens is 537 g/mol. The number of H-pyrrole nitrogens is 1. The van der Waals surface area contributed by atoms with E-state index in [1.165, 1.54) is 19.1 Å². The SMILES string of the molecule is COC(=O)C(Cc1nc2ccc(Cl)cc2[nH]c1=O)C(=NN)C(=O)Nc1cc(C)c(Cl)cc1S(=O)(=O)O. The summed E-state index contributed by atoms with van der Waals surface area (Å²) in [5.74, 6) is 1.85. The number of carbonyl (C=O) groups is 2. The molecule has 0 saturated heterocycles. The van der Waals surface area contributed by atoms with E-state index in [-0.39, 0.29) is 16.4 Å². The number of halogens is 2. The lowest BCUT2D eigenvalue weighted by molar-refractivity contribution is -0.143. The number of hydrazone groups is 1. The zero-order valence-electron chi connectivity index (χ0n) is 18.7. The number of hydrogen-bond acceptors (Lipinski definition) is 9. The summed E-state index contributed by atoms with van der Waals surface area (Å²) in [4.78, 5) is 44.3. The standard InChI is InChI=1S/C21H19Cl2N5O7S/c1-9-5-15(17(8-12(9)23)36(32,33)34)27-20(30)18(28-24)11(21(31)35-2)7-16-19(29)26-14-6-10(22)3-4-13(14)25-16/h3-6,8,11H,7,24H2,1-2H3,(H,26,29)(H,27,30)(H,32,33,34). The van der Waals surface area contributed by atoms with Gasteiger partial charge in [0.25, 0.3) is 21.6 Å². The molecule has 15 heteroatoms. The normalized spacial score (nSPS) is 12.9. The Hall–Kier alpha value is -3.52. The Morgan fingerprint density at radius 3 is 2.58 bits per heavy atom. The molecule has 0 aliphatic rings. The topological polar surface area (TPSA) is 194 Å². The third-order valence-electron chi connectivity index (χ3n) is 5.10. The van der Waals surface area contributed by atoms with Crippen molar-refractivity contribution >= 4 is 67.6 Å². The smallest absolute Gasteiger partial charge is 0.315 e. The van der Waals surface area contributed by atoms with E-state index in [0.717, 1.165) is 13.2 Å². The number of carbonyl (C=O) groups excluding carboxylic acids is 2. The summed E-state index contributed by atoms with van der Waals surface area (Å²) in [5, 5.41) is 6.04. The zero-order chi connectivity index (χ0) is 26.8. The molecule has 1 unspecified atom stereocenters. The summed E-state index contributed by atoms with van der Waals surface area (Å²) in [6.07, 6.45) is -0.436. The van der Waals surface area contributed by atoms with Crippen molar-refractivity contribution in [2.45, 2.75) is 18.2 Å². The maximum atomic E-state index is 13.0. The van der Waals surface area contributed by atoms with E-state index in [0.29, 0.717) is 21.6 Å². The molecule has 5 N–H and O–H groups in total. The molecule has 1 atom stereocenters. The van der Waals surface area contributed by atoms with E-state index < -0.39 is 50.5 Å². The van der Waals surface area contributed by atoms with Gasteiger partial charge in [0.15, 0.2) is 0 Å². The Morgan fingerprint density at radius 2 is 1.97 bits per heavy atom. The van der Waals surface area contributed by atoms with Gasteiger partial charge in [0, 0.05) is 16.5 Å². The monoisotopic (exact) mass is 555 g/mol. The van der Waals surface area contributed by atoms with Crippen LogP contribution in [-0.4, -0.2) is 47.6 Å². The van der Waals surface area contributed by atoms with Gasteiger partial charge in [0.2, 0.25) is 0 Å². The number of amides is 1. The van der Waals surface area contributed by atoms with Gasteiger partial charge in [0.05, 0.1) is 23.8 Å². The first kappa shape index (κ1) is 27.1. The highest BCUT2D eigenvalue weighted by molar-refractivity contribution is 7.86. The fourth-order valence-electron chi connectivity index (χ4n) is 3.33. The predicted molar refractivity (Wildman–Crippen MR) is 133 cm³/mol. The number of rotatable bonds is 7. The number of aryl methyl sites for hydroxylation is 1. The van der Waals surface area contributed by atoms with Gasteiger partial charge in [-0.25, -0.2) is 4.98 Å². The molecule has 190 valence electrons. The molecule has 36 heavy (non-hydrogen) atoms. The Balaban J connectivity index is 2.01. The first-order valence-electron chi connectivity index (χ1n) is 9.98. The average molecular weight is 556 g/mol. The molecule has 0 fully saturated rings. The summed E-state index contributed by atoms with van der Waals surface area (Å²) in [6, 6.07) is 6.75. The van der Waals surface area contributed by atoms with Gasteiger partial charge in [-0.05, 0) is 42.8 Å². The number of methoxy groups -OCH3 is 1. The maximum Gasteiger partial charge on any atom is 0.315 e. The number of nitrogens with two attached hydrogens (primary N) is 1.